The maximum Gasteiger partial charge on any atom is 0.320 e. The summed E-state index contributed by atoms with van der Waals surface area (Å²) < 4.78 is 5.69. The second-order valence-corrected chi connectivity index (χ2v) is 4.57. The topological polar surface area (TPSA) is 72.5 Å². The third-order valence-corrected chi connectivity index (χ3v) is 2.92. The smallest absolute Gasteiger partial charge is 0.320 e. The van der Waals surface area contributed by atoms with Crippen molar-refractivity contribution in [2.45, 2.75) is 19.1 Å². The number of halogens is 1. The van der Waals surface area contributed by atoms with E-state index in [1.807, 2.05) is 54.6 Å². The standard InChI is InChI=1S/C16H17NO3.ClH/c17-15(16(18)19)10-13-7-4-8-14(9-13)20-11-12-5-2-1-3-6-12;/h1-9,15H,10-11,17H2,(H,18,19);1H/t15-;/m0./s1. The summed E-state index contributed by atoms with van der Waals surface area (Å²) in [6.07, 6.45) is 0.290. The van der Waals surface area contributed by atoms with Crippen LogP contribution in [0.25, 0.3) is 0 Å². The predicted molar refractivity (Wildman–Crippen MR) is 83.8 cm³/mol. The monoisotopic (exact) mass is 307 g/mol. The van der Waals surface area contributed by atoms with Crippen molar-refractivity contribution in [3.05, 3.63) is 65.7 Å². The zero-order chi connectivity index (χ0) is 14.4. The molecule has 4 nitrogen and oxygen atoms in total. The van der Waals surface area contributed by atoms with Crippen LogP contribution in [0.4, 0.5) is 0 Å². The molecule has 112 valence electrons. The molecule has 0 saturated heterocycles. The van der Waals surface area contributed by atoms with E-state index in [4.69, 9.17) is 15.6 Å². The normalized spacial score (nSPS) is 11.3. The van der Waals surface area contributed by atoms with Crippen LogP contribution in [0.15, 0.2) is 54.6 Å². The van der Waals surface area contributed by atoms with Gasteiger partial charge in [-0.2, -0.15) is 0 Å². The lowest BCUT2D eigenvalue weighted by Gasteiger charge is -2.10. The molecule has 0 unspecified atom stereocenters. The molecule has 2 aromatic carbocycles. The fourth-order valence-corrected chi connectivity index (χ4v) is 1.84. The number of hydrogen-bond donors (Lipinski definition) is 2. The van der Waals surface area contributed by atoms with E-state index >= 15 is 0 Å². The molecular formula is C16H18ClNO3. The van der Waals surface area contributed by atoms with Gasteiger partial charge in [-0.05, 0) is 29.7 Å². The quantitative estimate of drug-likeness (QED) is 0.860. The highest BCUT2D eigenvalue weighted by molar-refractivity contribution is 5.85. The second kappa shape index (κ2) is 8.29. The summed E-state index contributed by atoms with van der Waals surface area (Å²) in [4.78, 5) is 10.7. The van der Waals surface area contributed by atoms with Gasteiger partial charge in [-0.3, -0.25) is 4.79 Å². The van der Waals surface area contributed by atoms with Gasteiger partial charge in [-0.25, -0.2) is 0 Å². The van der Waals surface area contributed by atoms with E-state index < -0.39 is 12.0 Å². The fraction of sp³-hybridized carbons (Fsp3) is 0.188. The van der Waals surface area contributed by atoms with Gasteiger partial charge in [-0.1, -0.05) is 42.5 Å². The van der Waals surface area contributed by atoms with Crippen LogP contribution in [-0.2, 0) is 17.8 Å². The highest BCUT2D eigenvalue weighted by Crippen LogP contribution is 2.16. The Balaban J connectivity index is 0.00000220. The van der Waals surface area contributed by atoms with Crippen LogP contribution in [-0.4, -0.2) is 17.1 Å². The number of hydrogen-bond acceptors (Lipinski definition) is 3. The molecule has 1 atom stereocenters. The van der Waals surface area contributed by atoms with Crippen molar-refractivity contribution in [3.63, 3.8) is 0 Å². The summed E-state index contributed by atoms with van der Waals surface area (Å²) in [5.74, 6) is -0.287. The van der Waals surface area contributed by atoms with Gasteiger partial charge in [0, 0.05) is 0 Å². The SMILES string of the molecule is Cl.N[C@@H](Cc1cccc(OCc2ccccc2)c1)C(=O)O. The highest BCUT2D eigenvalue weighted by Gasteiger charge is 2.12. The van der Waals surface area contributed by atoms with Gasteiger partial charge in [0.05, 0.1) is 0 Å². The molecule has 0 radical (unpaired) electrons. The Morgan fingerprint density at radius 1 is 1.10 bits per heavy atom. The first-order chi connectivity index (χ1) is 9.65. The summed E-state index contributed by atoms with van der Waals surface area (Å²) in [6.45, 7) is 0.481. The highest BCUT2D eigenvalue weighted by atomic mass is 35.5. The van der Waals surface area contributed by atoms with Gasteiger partial charge in [0.1, 0.15) is 18.4 Å². The number of carbonyl (C=O) groups is 1. The first kappa shape index (κ1) is 17.0. The molecule has 0 amide bonds. The average Bonchev–Trinajstić information content (AvgIpc) is 2.46. The van der Waals surface area contributed by atoms with Crippen molar-refractivity contribution < 1.29 is 14.6 Å². The van der Waals surface area contributed by atoms with Crippen molar-refractivity contribution >= 4 is 18.4 Å². The van der Waals surface area contributed by atoms with Gasteiger partial charge in [0.2, 0.25) is 0 Å². The van der Waals surface area contributed by atoms with E-state index in [9.17, 15) is 4.79 Å². The Labute approximate surface area is 130 Å². The van der Waals surface area contributed by atoms with Gasteiger partial charge in [0.15, 0.2) is 0 Å². The lowest BCUT2D eigenvalue weighted by Crippen LogP contribution is -2.32. The number of rotatable bonds is 6. The van der Waals surface area contributed by atoms with Crippen LogP contribution in [0.2, 0.25) is 0 Å². The zero-order valence-electron chi connectivity index (χ0n) is 11.4. The van der Waals surface area contributed by atoms with Crippen LogP contribution in [0.1, 0.15) is 11.1 Å². The first-order valence-electron chi connectivity index (χ1n) is 6.39. The Bertz CT molecular complexity index is 575. The Morgan fingerprint density at radius 2 is 1.76 bits per heavy atom. The molecule has 0 heterocycles. The molecule has 0 aliphatic heterocycles. The van der Waals surface area contributed by atoms with Crippen molar-refractivity contribution in [1.82, 2.24) is 0 Å². The third kappa shape index (κ3) is 5.45. The van der Waals surface area contributed by atoms with Crippen LogP contribution in [0.5, 0.6) is 5.75 Å². The number of nitrogens with two attached hydrogens (primary N) is 1. The minimum Gasteiger partial charge on any atom is -0.489 e. The van der Waals surface area contributed by atoms with Crippen molar-refractivity contribution in [2.24, 2.45) is 5.73 Å². The van der Waals surface area contributed by atoms with Gasteiger partial charge in [-0.15, -0.1) is 12.4 Å². The zero-order valence-corrected chi connectivity index (χ0v) is 12.3. The Kier molecular flexibility index (Phi) is 6.72. The van der Waals surface area contributed by atoms with Crippen LogP contribution in [0.3, 0.4) is 0 Å². The predicted octanol–water partition coefficient (Wildman–Crippen LogP) is 2.64. The molecule has 2 aromatic rings. The third-order valence-electron chi connectivity index (χ3n) is 2.92. The summed E-state index contributed by atoms with van der Waals surface area (Å²) in [5, 5.41) is 8.81. The molecule has 0 bridgehead atoms. The molecule has 0 aliphatic carbocycles. The molecule has 5 heteroatoms. The summed E-state index contributed by atoms with van der Waals surface area (Å²) in [6, 6.07) is 16.3. The van der Waals surface area contributed by atoms with E-state index in [-0.39, 0.29) is 18.8 Å². The lowest BCUT2D eigenvalue weighted by molar-refractivity contribution is -0.138. The van der Waals surface area contributed by atoms with Crippen LogP contribution >= 0.6 is 12.4 Å². The van der Waals surface area contributed by atoms with E-state index in [1.54, 1.807) is 0 Å². The lowest BCUT2D eigenvalue weighted by atomic mass is 10.1. The number of ether oxygens (including phenoxy) is 1. The fourth-order valence-electron chi connectivity index (χ4n) is 1.84. The largest absolute Gasteiger partial charge is 0.489 e. The van der Waals surface area contributed by atoms with Gasteiger partial charge < -0.3 is 15.6 Å². The van der Waals surface area contributed by atoms with Crippen LogP contribution < -0.4 is 10.5 Å². The van der Waals surface area contributed by atoms with E-state index in [0.29, 0.717) is 12.4 Å². The van der Waals surface area contributed by atoms with Crippen molar-refractivity contribution in [3.8, 4) is 5.75 Å². The minimum absolute atomic E-state index is 0. The van der Waals surface area contributed by atoms with Gasteiger partial charge in [0.25, 0.3) is 0 Å². The van der Waals surface area contributed by atoms with Crippen LogP contribution in [0, 0.1) is 0 Å². The molecule has 0 spiro atoms. The maximum atomic E-state index is 10.7. The minimum atomic E-state index is -0.999. The Morgan fingerprint density at radius 3 is 2.43 bits per heavy atom. The molecular weight excluding hydrogens is 290 g/mol. The van der Waals surface area contributed by atoms with E-state index in [1.165, 1.54) is 0 Å². The Hall–Kier alpha value is -2.04. The molecule has 0 aromatic heterocycles. The maximum absolute atomic E-state index is 10.7. The summed E-state index contributed by atoms with van der Waals surface area (Å²) in [5.41, 5.74) is 7.46. The first-order valence-corrected chi connectivity index (χ1v) is 6.39. The molecule has 21 heavy (non-hydrogen) atoms. The average molecular weight is 308 g/mol. The molecule has 3 N–H and O–H groups in total. The molecule has 0 fully saturated rings. The molecule has 0 saturated carbocycles. The van der Waals surface area contributed by atoms with E-state index in [2.05, 4.69) is 0 Å². The summed E-state index contributed by atoms with van der Waals surface area (Å²) in [7, 11) is 0. The summed E-state index contributed by atoms with van der Waals surface area (Å²) >= 11 is 0. The van der Waals surface area contributed by atoms with E-state index in [0.717, 1.165) is 11.1 Å². The van der Waals surface area contributed by atoms with Crippen molar-refractivity contribution in [2.75, 3.05) is 0 Å². The van der Waals surface area contributed by atoms with Crippen molar-refractivity contribution in [1.29, 1.82) is 0 Å². The second-order valence-electron chi connectivity index (χ2n) is 4.57. The number of benzene rings is 2. The number of aliphatic carboxylic acids is 1. The molecule has 2 rings (SSSR count). The molecule has 0 aliphatic rings. The number of carboxylic acid groups (broad SMARTS) is 1. The number of carboxylic acids is 1. The van der Waals surface area contributed by atoms with Gasteiger partial charge >= 0.3 is 5.97 Å².